The summed E-state index contributed by atoms with van der Waals surface area (Å²) in [4.78, 5) is 34.8. The van der Waals surface area contributed by atoms with Gasteiger partial charge in [-0.25, -0.2) is 4.57 Å². The van der Waals surface area contributed by atoms with Crippen molar-refractivity contribution in [2.75, 3.05) is 26.4 Å². The first-order chi connectivity index (χ1) is 24.8. The molecule has 0 aromatic carbocycles. The summed E-state index contributed by atoms with van der Waals surface area (Å²) < 4.78 is 32.7. The molecule has 0 saturated heterocycles. The van der Waals surface area contributed by atoms with Crippen molar-refractivity contribution in [1.29, 1.82) is 0 Å². The summed E-state index contributed by atoms with van der Waals surface area (Å²) in [6.45, 7) is 3.67. The van der Waals surface area contributed by atoms with Crippen LogP contribution in [0.15, 0.2) is 36.5 Å². The van der Waals surface area contributed by atoms with Gasteiger partial charge in [-0.1, -0.05) is 134 Å². The van der Waals surface area contributed by atoms with Crippen molar-refractivity contribution < 1.29 is 37.6 Å². The van der Waals surface area contributed by atoms with Gasteiger partial charge >= 0.3 is 19.8 Å². The molecule has 0 aliphatic heterocycles. The average molecular weight is 742 g/mol. The van der Waals surface area contributed by atoms with Gasteiger partial charge in [0.05, 0.1) is 13.2 Å². The van der Waals surface area contributed by atoms with Gasteiger partial charge in [0.1, 0.15) is 6.61 Å². The van der Waals surface area contributed by atoms with Crippen molar-refractivity contribution in [2.45, 2.75) is 187 Å². The van der Waals surface area contributed by atoms with E-state index in [4.69, 9.17) is 24.3 Å². The molecule has 0 aromatic heterocycles. The zero-order chi connectivity index (χ0) is 37.5. The molecule has 0 spiro atoms. The van der Waals surface area contributed by atoms with Crippen molar-refractivity contribution in [2.24, 2.45) is 5.73 Å². The monoisotopic (exact) mass is 742 g/mol. The molecular formula is C41H76NO8P. The van der Waals surface area contributed by atoms with Crippen LogP contribution in [-0.4, -0.2) is 49.3 Å². The molecule has 298 valence electrons. The number of nitrogens with two attached hydrogens (primary N) is 1. The van der Waals surface area contributed by atoms with E-state index in [-0.39, 0.29) is 32.6 Å². The molecular weight excluding hydrogens is 665 g/mol. The van der Waals surface area contributed by atoms with Gasteiger partial charge in [-0.05, 0) is 70.6 Å². The van der Waals surface area contributed by atoms with Crippen molar-refractivity contribution in [1.82, 2.24) is 0 Å². The van der Waals surface area contributed by atoms with E-state index in [0.29, 0.717) is 6.42 Å². The highest BCUT2D eigenvalue weighted by Gasteiger charge is 2.25. The van der Waals surface area contributed by atoms with E-state index in [1.165, 1.54) is 77.0 Å². The quantitative estimate of drug-likeness (QED) is 0.0274. The third-order valence-corrected chi connectivity index (χ3v) is 9.48. The second-order valence-corrected chi connectivity index (χ2v) is 14.9. The fourth-order valence-electron chi connectivity index (χ4n) is 5.42. The Kier molecular flexibility index (Phi) is 36.7. The molecule has 2 atom stereocenters. The number of phosphoric acid groups is 1. The van der Waals surface area contributed by atoms with E-state index in [0.717, 1.165) is 70.6 Å². The lowest BCUT2D eigenvalue weighted by atomic mass is 10.1. The third kappa shape index (κ3) is 37.8. The molecule has 0 radical (unpaired) electrons. The molecule has 0 heterocycles. The van der Waals surface area contributed by atoms with Crippen molar-refractivity contribution >= 4 is 19.8 Å². The maximum Gasteiger partial charge on any atom is 0.472 e. The Labute approximate surface area is 312 Å². The Balaban J connectivity index is 4.19. The number of ether oxygens (including phenoxy) is 2. The lowest BCUT2D eigenvalue weighted by Gasteiger charge is -2.19. The molecule has 0 aromatic rings. The van der Waals surface area contributed by atoms with E-state index < -0.39 is 32.5 Å². The highest BCUT2D eigenvalue weighted by atomic mass is 31.2. The van der Waals surface area contributed by atoms with Gasteiger partial charge in [-0.2, -0.15) is 0 Å². The smallest absolute Gasteiger partial charge is 0.462 e. The Morgan fingerprint density at radius 1 is 0.588 bits per heavy atom. The number of rotatable bonds is 38. The van der Waals surface area contributed by atoms with Crippen molar-refractivity contribution in [3.8, 4) is 0 Å². The fourth-order valence-corrected chi connectivity index (χ4v) is 6.19. The molecule has 51 heavy (non-hydrogen) atoms. The molecule has 10 heteroatoms. The lowest BCUT2D eigenvalue weighted by molar-refractivity contribution is -0.161. The van der Waals surface area contributed by atoms with E-state index in [2.05, 4.69) is 50.3 Å². The predicted octanol–water partition coefficient (Wildman–Crippen LogP) is 11.4. The average Bonchev–Trinajstić information content (AvgIpc) is 3.11. The molecule has 0 amide bonds. The summed E-state index contributed by atoms with van der Waals surface area (Å²) in [6.07, 6.45) is 40.2. The van der Waals surface area contributed by atoms with Crippen LogP contribution in [0.3, 0.4) is 0 Å². The number of unbranched alkanes of at least 4 members (excludes halogenated alkanes) is 19. The van der Waals surface area contributed by atoms with Crippen LogP contribution in [0.2, 0.25) is 0 Å². The Hall–Kier alpha value is -1.77. The predicted molar refractivity (Wildman–Crippen MR) is 210 cm³/mol. The highest BCUT2D eigenvalue weighted by Crippen LogP contribution is 2.43. The lowest BCUT2D eigenvalue weighted by Crippen LogP contribution is -2.29. The second-order valence-electron chi connectivity index (χ2n) is 13.5. The molecule has 1 unspecified atom stereocenters. The number of carbonyl (C=O) groups excluding carboxylic acids is 2. The molecule has 0 rings (SSSR count). The standard InChI is InChI=1S/C41H76NO8P/c1-3-5-7-9-11-13-15-17-18-19-20-22-23-25-27-29-31-33-40(43)47-37-39(38-49-51(45,46)48-36-35-42)50-41(44)34-32-30-28-26-24-21-16-14-12-10-8-6-4-2/h11,13-14,16-18,39H,3-10,12,15,19-38,42H2,1-2H3,(H,45,46)/b13-11+,16-14+,18-17+/t39-/m1/s1. The minimum Gasteiger partial charge on any atom is -0.462 e. The largest absolute Gasteiger partial charge is 0.472 e. The van der Waals surface area contributed by atoms with Crippen LogP contribution in [0.4, 0.5) is 0 Å². The summed E-state index contributed by atoms with van der Waals surface area (Å²) >= 11 is 0. The van der Waals surface area contributed by atoms with Crippen molar-refractivity contribution in [3.05, 3.63) is 36.5 Å². The molecule has 0 fully saturated rings. The Bertz CT molecular complexity index is 939. The molecule has 0 bridgehead atoms. The SMILES string of the molecule is CCCCC/C=C/C/C=C/CCCCCCCCCC(=O)OC[C@H](COP(=O)(O)OCCN)OC(=O)CCCCCCC/C=C/CCCCCC. The fraction of sp³-hybridized carbons (Fsp3) is 0.805. The molecule has 0 saturated carbocycles. The van der Waals surface area contributed by atoms with E-state index in [9.17, 15) is 19.0 Å². The minimum absolute atomic E-state index is 0.0505. The number of allylic oxidation sites excluding steroid dienone is 6. The van der Waals surface area contributed by atoms with Gasteiger partial charge in [0, 0.05) is 19.4 Å². The van der Waals surface area contributed by atoms with E-state index in [1.54, 1.807) is 0 Å². The first kappa shape index (κ1) is 49.2. The van der Waals surface area contributed by atoms with Crippen LogP contribution in [0.25, 0.3) is 0 Å². The number of carbonyl (C=O) groups is 2. The topological polar surface area (TPSA) is 134 Å². The van der Waals surface area contributed by atoms with E-state index in [1.807, 2.05) is 0 Å². The van der Waals surface area contributed by atoms with Gasteiger partial charge in [0.15, 0.2) is 6.10 Å². The number of hydrogen-bond acceptors (Lipinski definition) is 8. The maximum atomic E-state index is 12.5. The second kappa shape index (κ2) is 38.0. The van der Waals surface area contributed by atoms with Crippen LogP contribution in [0.1, 0.15) is 181 Å². The summed E-state index contributed by atoms with van der Waals surface area (Å²) in [6, 6.07) is 0. The minimum atomic E-state index is -4.38. The molecule has 0 aliphatic rings. The van der Waals surface area contributed by atoms with Gasteiger partial charge in [-0.3, -0.25) is 18.6 Å². The van der Waals surface area contributed by atoms with Crippen LogP contribution in [-0.2, 0) is 32.7 Å². The molecule has 3 N–H and O–H groups in total. The Morgan fingerprint density at radius 2 is 1.02 bits per heavy atom. The first-order valence-corrected chi connectivity index (χ1v) is 22.0. The van der Waals surface area contributed by atoms with E-state index >= 15 is 0 Å². The van der Waals surface area contributed by atoms with Gasteiger partial charge in [-0.15, -0.1) is 0 Å². The maximum absolute atomic E-state index is 12.5. The Morgan fingerprint density at radius 3 is 1.55 bits per heavy atom. The van der Waals surface area contributed by atoms with Crippen LogP contribution < -0.4 is 5.73 Å². The molecule has 0 aliphatic carbocycles. The van der Waals surface area contributed by atoms with Crippen LogP contribution in [0.5, 0.6) is 0 Å². The van der Waals surface area contributed by atoms with Gasteiger partial charge < -0.3 is 20.1 Å². The van der Waals surface area contributed by atoms with Crippen molar-refractivity contribution in [3.63, 3.8) is 0 Å². The third-order valence-electron chi connectivity index (χ3n) is 8.50. The number of esters is 2. The summed E-state index contributed by atoms with van der Waals surface area (Å²) in [7, 11) is -4.38. The zero-order valence-corrected chi connectivity index (χ0v) is 33.5. The van der Waals surface area contributed by atoms with Gasteiger partial charge in [0.2, 0.25) is 0 Å². The van der Waals surface area contributed by atoms with Crippen LogP contribution >= 0.6 is 7.82 Å². The molecule has 9 nitrogen and oxygen atoms in total. The highest BCUT2D eigenvalue weighted by molar-refractivity contribution is 7.47. The normalized spacial score (nSPS) is 13.7. The summed E-state index contributed by atoms with van der Waals surface area (Å²) in [5.41, 5.74) is 5.34. The van der Waals surface area contributed by atoms with Gasteiger partial charge in [0.25, 0.3) is 0 Å². The summed E-state index contributed by atoms with van der Waals surface area (Å²) in [5.74, 6) is -0.848. The van der Waals surface area contributed by atoms with Crippen LogP contribution in [0, 0.1) is 0 Å². The number of phosphoric ester groups is 1. The summed E-state index contributed by atoms with van der Waals surface area (Å²) in [5, 5.41) is 0. The zero-order valence-electron chi connectivity index (χ0n) is 32.6. The number of hydrogen-bond donors (Lipinski definition) is 2. The first-order valence-electron chi connectivity index (χ1n) is 20.5.